The Morgan fingerprint density at radius 2 is 1.85 bits per heavy atom. The van der Waals surface area contributed by atoms with Crippen LogP contribution in [-0.2, 0) is 6.42 Å². The number of hydrogen-bond acceptors (Lipinski definition) is 5. The maximum atomic E-state index is 14.0. The molecular weight excluding hydrogens is 505 g/mol. The molecule has 0 spiro atoms. The van der Waals surface area contributed by atoms with E-state index in [1.807, 2.05) is 31.2 Å². The Hall–Kier alpha value is -3.65. The smallest absolute Gasteiger partial charge is 0.295 e. The largest absolute Gasteiger partial charge is 0.503 e. The fraction of sp³-hybridized carbons (Fsp3) is 0.154. The van der Waals surface area contributed by atoms with Gasteiger partial charge in [-0.1, -0.05) is 19.1 Å². The monoisotopic (exact) mass is 523 g/mol. The highest BCUT2D eigenvalue weighted by molar-refractivity contribution is 9.10. The molecule has 2 heterocycles. The van der Waals surface area contributed by atoms with E-state index >= 15 is 0 Å². The Balaban J connectivity index is 1.82. The SMILES string of the molecule is CCc1ccc(N2C(=O)c3oc4ccc(F)cc4c(=O)c3C2c2cc(Br)c(O)c(OC)c2)cc1. The van der Waals surface area contributed by atoms with E-state index in [9.17, 15) is 19.1 Å². The first-order valence-electron chi connectivity index (χ1n) is 10.6. The molecule has 3 aromatic carbocycles. The maximum absolute atomic E-state index is 14.0. The van der Waals surface area contributed by atoms with Crippen molar-refractivity contribution in [3.63, 3.8) is 0 Å². The zero-order valence-electron chi connectivity index (χ0n) is 18.3. The molecule has 8 heteroatoms. The fourth-order valence-corrected chi connectivity index (χ4v) is 4.79. The van der Waals surface area contributed by atoms with Crippen LogP contribution in [0.4, 0.5) is 10.1 Å². The zero-order valence-corrected chi connectivity index (χ0v) is 19.8. The highest BCUT2D eigenvalue weighted by atomic mass is 79.9. The van der Waals surface area contributed by atoms with Crippen molar-refractivity contribution < 1.29 is 23.4 Å². The van der Waals surface area contributed by atoms with Crippen LogP contribution < -0.4 is 15.1 Å². The minimum atomic E-state index is -0.885. The number of anilines is 1. The number of phenols is 1. The first-order chi connectivity index (χ1) is 16.3. The quantitative estimate of drug-likeness (QED) is 0.370. The van der Waals surface area contributed by atoms with Crippen LogP contribution in [-0.4, -0.2) is 18.1 Å². The van der Waals surface area contributed by atoms with E-state index in [0.717, 1.165) is 18.1 Å². The highest BCUT2D eigenvalue weighted by Crippen LogP contribution is 2.45. The van der Waals surface area contributed by atoms with Crippen molar-refractivity contribution in [1.82, 2.24) is 0 Å². The molecule has 1 amide bonds. The van der Waals surface area contributed by atoms with Crippen LogP contribution in [0.5, 0.6) is 11.5 Å². The molecule has 1 aliphatic rings. The summed E-state index contributed by atoms with van der Waals surface area (Å²) in [6.07, 6.45) is 0.830. The Morgan fingerprint density at radius 3 is 2.53 bits per heavy atom. The van der Waals surface area contributed by atoms with Gasteiger partial charge in [-0.2, -0.15) is 0 Å². The molecule has 1 aliphatic heterocycles. The standard InChI is InChI=1S/C26H19BrFNO5/c1-3-13-4-7-16(8-5-13)29-22(14-10-18(27)24(31)20(11-14)33-2)21-23(30)17-12-15(28)6-9-19(17)34-25(21)26(29)32/h4-12,22,31H,3H2,1-2H3. The van der Waals surface area contributed by atoms with Crippen LogP contribution in [0, 0.1) is 5.82 Å². The summed E-state index contributed by atoms with van der Waals surface area (Å²) in [6, 6.07) is 13.4. The minimum Gasteiger partial charge on any atom is -0.503 e. The normalized spacial score (nSPS) is 15.1. The second-order valence-corrected chi connectivity index (χ2v) is 8.82. The molecule has 1 atom stereocenters. The molecule has 0 aliphatic carbocycles. The van der Waals surface area contributed by atoms with Crippen molar-refractivity contribution in [3.05, 3.63) is 97.6 Å². The molecule has 0 saturated carbocycles. The van der Waals surface area contributed by atoms with Crippen molar-refractivity contribution >= 4 is 38.5 Å². The number of nitrogens with zero attached hydrogens (tertiary/aromatic N) is 1. The van der Waals surface area contributed by atoms with E-state index < -0.39 is 23.2 Å². The van der Waals surface area contributed by atoms with Gasteiger partial charge in [0.2, 0.25) is 5.76 Å². The fourth-order valence-electron chi connectivity index (χ4n) is 4.33. The number of aryl methyl sites for hydroxylation is 1. The zero-order chi connectivity index (χ0) is 24.1. The molecule has 0 bridgehead atoms. The van der Waals surface area contributed by atoms with Gasteiger partial charge in [0, 0.05) is 5.69 Å². The second kappa shape index (κ2) is 8.29. The summed E-state index contributed by atoms with van der Waals surface area (Å²) in [4.78, 5) is 28.7. The number of methoxy groups -OCH3 is 1. The molecular formula is C26H19BrFNO5. The third kappa shape index (κ3) is 3.37. The van der Waals surface area contributed by atoms with Gasteiger partial charge in [-0.05, 0) is 75.9 Å². The van der Waals surface area contributed by atoms with E-state index in [1.54, 1.807) is 12.1 Å². The molecule has 1 aromatic heterocycles. The van der Waals surface area contributed by atoms with Gasteiger partial charge in [0.1, 0.15) is 11.4 Å². The number of hydrogen-bond donors (Lipinski definition) is 1. The number of fused-ring (bicyclic) bond motifs is 2. The van der Waals surface area contributed by atoms with Gasteiger partial charge in [-0.25, -0.2) is 4.39 Å². The van der Waals surface area contributed by atoms with Gasteiger partial charge >= 0.3 is 0 Å². The lowest BCUT2D eigenvalue weighted by molar-refractivity contribution is 0.0971. The average Bonchev–Trinajstić information content (AvgIpc) is 3.13. The van der Waals surface area contributed by atoms with Crippen LogP contribution in [0.15, 0.2) is 68.3 Å². The van der Waals surface area contributed by atoms with Crippen LogP contribution in [0.3, 0.4) is 0 Å². The van der Waals surface area contributed by atoms with Crippen LogP contribution in [0.1, 0.15) is 40.2 Å². The van der Waals surface area contributed by atoms with E-state index in [4.69, 9.17) is 9.15 Å². The summed E-state index contributed by atoms with van der Waals surface area (Å²) in [7, 11) is 1.41. The molecule has 5 rings (SSSR count). The molecule has 0 radical (unpaired) electrons. The number of phenolic OH excluding ortho intramolecular Hbond substituents is 1. The first-order valence-corrected chi connectivity index (χ1v) is 11.4. The topological polar surface area (TPSA) is 80.0 Å². The van der Waals surface area contributed by atoms with E-state index in [2.05, 4.69) is 15.9 Å². The van der Waals surface area contributed by atoms with Gasteiger partial charge in [0.05, 0.1) is 28.6 Å². The minimum absolute atomic E-state index is 0.0459. The number of benzene rings is 3. The summed E-state index contributed by atoms with van der Waals surface area (Å²) < 4.78 is 25.5. The Bertz CT molecular complexity index is 1510. The predicted molar refractivity (Wildman–Crippen MR) is 129 cm³/mol. The lowest BCUT2D eigenvalue weighted by atomic mass is 9.97. The van der Waals surface area contributed by atoms with E-state index in [1.165, 1.54) is 24.1 Å². The summed E-state index contributed by atoms with van der Waals surface area (Å²) >= 11 is 3.32. The Morgan fingerprint density at radius 1 is 1.12 bits per heavy atom. The number of ether oxygens (including phenoxy) is 1. The summed E-state index contributed by atoms with van der Waals surface area (Å²) in [5, 5.41) is 10.4. The van der Waals surface area contributed by atoms with Crippen molar-refractivity contribution in [2.75, 3.05) is 12.0 Å². The van der Waals surface area contributed by atoms with E-state index in [0.29, 0.717) is 15.7 Å². The van der Waals surface area contributed by atoms with Gasteiger partial charge in [0.25, 0.3) is 5.91 Å². The molecule has 6 nitrogen and oxygen atoms in total. The van der Waals surface area contributed by atoms with Crippen LogP contribution in [0.2, 0.25) is 0 Å². The Labute approximate surface area is 202 Å². The lowest BCUT2D eigenvalue weighted by Gasteiger charge is -2.26. The highest BCUT2D eigenvalue weighted by Gasteiger charge is 2.44. The molecule has 34 heavy (non-hydrogen) atoms. The Kier molecular flexibility index (Phi) is 5.40. The van der Waals surface area contributed by atoms with Gasteiger partial charge in [-0.3, -0.25) is 14.5 Å². The predicted octanol–water partition coefficient (Wildman–Crippen LogP) is 5.72. The van der Waals surface area contributed by atoms with Crippen molar-refractivity contribution in [2.24, 2.45) is 0 Å². The van der Waals surface area contributed by atoms with Crippen molar-refractivity contribution in [3.8, 4) is 11.5 Å². The molecule has 172 valence electrons. The molecule has 4 aromatic rings. The van der Waals surface area contributed by atoms with Crippen LogP contribution >= 0.6 is 15.9 Å². The third-order valence-electron chi connectivity index (χ3n) is 6.04. The number of aromatic hydroxyl groups is 1. The number of halogens is 2. The van der Waals surface area contributed by atoms with Crippen molar-refractivity contribution in [2.45, 2.75) is 19.4 Å². The molecule has 1 N–H and O–H groups in total. The number of carbonyl (C=O) groups is 1. The summed E-state index contributed by atoms with van der Waals surface area (Å²) in [5.74, 6) is -1.11. The van der Waals surface area contributed by atoms with Gasteiger partial charge in [0.15, 0.2) is 16.9 Å². The molecule has 0 saturated heterocycles. The molecule has 1 unspecified atom stereocenters. The maximum Gasteiger partial charge on any atom is 0.295 e. The first kappa shape index (κ1) is 22.2. The van der Waals surface area contributed by atoms with Crippen LogP contribution in [0.25, 0.3) is 11.0 Å². The van der Waals surface area contributed by atoms with E-state index in [-0.39, 0.29) is 33.8 Å². The van der Waals surface area contributed by atoms with Gasteiger partial charge in [-0.15, -0.1) is 0 Å². The summed E-state index contributed by atoms with van der Waals surface area (Å²) in [6.45, 7) is 2.03. The van der Waals surface area contributed by atoms with Gasteiger partial charge < -0.3 is 14.3 Å². The second-order valence-electron chi connectivity index (χ2n) is 7.97. The lowest BCUT2D eigenvalue weighted by Crippen LogP contribution is -2.29. The van der Waals surface area contributed by atoms with Crippen molar-refractivity contribution in [1.29, 1.82) is 0 Å². The number of amides is 1. The summed E-state index contributed by atoms with van der Waals surface area (Å²) in [5.41, 5.74) is 1.90. The third-order valence-corrected chi connectivity index (χ3v) is 6.65. The number of carbonyl (C=O) groups excluding carboxylic acids is 1. The molecule has 0 fully saturated rings. The number of rotatable bonds is 4. The average molecular weight is 524 g/mol.